The summed E-state index contributed by atoms with van der Waals surface area (Å²) in [6.45, 7) is 2.78. The van der Waals surface area contributed by atoms with Gasteiger partial charge in [0.1, 0.15) is 0 Å². The summed E-state index contributed by atoms with van der Waals surface area (Å²) in [4.78, 5) is 17.2. The molecule has 7 nitrogen and oxygen atoms in total. The van der Waals surface area contributed by atoms with Crippen LogP contribution in [0, 0.1) is 0 Å². The molecule has 0 aliphatic carbocycles. The molecule has 0 aliphatic rings. The van der Waals surface area contributed by atoms with Gasteiger partial charge in [0.2, 0.25) is 0 Å². The number of alkyl halides is 3. The van der Waals surface area contributed by atoms with Crippen LogP contribution < -0.4 is 5.32 Å². The van der Waals surface area contributed by atoms with Gasteiger partial charge >= 0.3 is 6.18 Å². The molecule has 0 saturated carbocycles. The van der Waals surface area contributed by atoms with Crippen molar-refractivity contribution in [1.29, 1.82) is 0 Å². The van der Waals surface area contributed by atoms with E-state index in [2.05, 4.69) is 20.5 Å². The molecule has 4 aromatic rings. The minimum atomic E-state index is -4.69. The van der Waals surface area contributed by atoms with Gasteiger partial charge in [-0.15, -0.1) is 11.3 Å². The summed E-state index contributed by atoms with van der Waals surface area (Å²) >= 11 is 7.00. The topological polar surface area (TPSA) is 77.1 Å². The van der Waals surface area contributed by atoms with Crippen LogP contribution in [0.1, 0.15) is 28.7 Å². The van der Waals surface area contributed by atoms with Crippen molar-refractivity contribution in [2.24, 2.45) is 0 Å². The Bertz CT molecular complexity index is 1230. The number of hydrogen-bond acceptors (Lipinski definition) is 5. The molecule has 0 bridgehead atoms. The van der Waals surface area contributed by atoms with E-state index < -0.39 is 17.8 Å². The number of carbonyl (C=O) groups is 1. The van der Waals surface area contributed by atoms with Gasteiger partial charge in [0, 0.05) is 30.9 Å². The summed E-state index contributed by atoms with van der Waals surface area (Å²) in [5.74, 6) is -0.612. The van der Waals surface area contributed by atoms with E-state index in [1.165, 1.54) is 6.07 Å². The molecule has 0 radical (unpaired) electrons. The van der Waals surface area contributed by atoms with Crippen LogP contribution in [0.15, 0.2) is 36.7 Å². The molecule has 4 aromatic heterocycles. The van der Waals surface area contributed by atoms with Crippen LogP contribution in [0.5, 0.6) is 0 Å². The molecule has 0 fully saturated rings. The van der Waals surface area contributed by atoms with Crippen LogP contribution in [0.4, 0.5) is 13.2 Å². The third kappa shape index (κ3) is 4.03. The highest BCUT2D eigenvalue weighted by atomic mass is 35.5. The zero-order chi connectivity index (χ0) is 21.5. The zero-order valence-electron chi connectivity index (χ0n) is 15.4. The number of aryl methyl sites for hydroxylation is 1. The van der Waals surface area contributed by atoms with Crippen molar-refractivity contribution >= 4 is 34.5 Å². The molecule has 0 atom stereocenters. The first-order valence-corrected chi connectivity index (χ1v) is 9.97. The Morgan fingerprint density at radius 3 is 2.73 bits per heavy atom. The average molecular weight is 455 g/mol. The molecular weight excluding hydrogens is 441 g/mol. The Morgan fingerprint density at radius 2 is 2.10 bits per heavy atom. The van der Waals surface area contributed by atoms with E-state index in [-0.39, 0.29) is 23.6 Å². The Morgan fingerprint density at radius 1 is 1.30 bits per heavy atom. The van der Waals surface area contributed by atoms with E-state index in [1.807, 2.05) is 6.92 Å². The highest BCUT2D eigenvalue weighted by Crippen LogP contribution is 2.35. The van der Waals surface area contributed by atoms with Crippen LogP contribution in [0.2, 0.25) is 4.34 Å². The fourth-order valence-electron chi connectivity index (χ4n) is 2.81. The summed E-state index contributed by atoms with van der Waals surface area (Å²) in [5, 5.41) is 10.6. The summed E-state index contributed by atoms with van der Waals surface area (Å²) in [6.07, 6.45) is -1.31. The number of thiophene rings is 1. The molecule has 0 aliphatic heterocycles. The molecule has 156 valence electrons. The molecule has 4 rings (SSSR count). The second-order valence-corrected chi connectivity index (χ2v) is 8.03. The van der Waals surface area contributed by atoms with Gasteiger partial charge in [-0.2, -0.15) is 23.4 Å². The Hall–Kier alpha value is -2.92. The van der Waals surface area contributed by atoms with Gasteiger partial charge < -0.3 is 5.32 Å². The van der Waals surface area contributed by atoms with Crippen molar-refractivity contribution < 1.29 is 18.0 Å². The third-order valence-corrected chi connectivity index (χ3v) is 5.49. The lowest BCUT2D eigenvalue weighted by Crippen LogP contribution is -2.23. The molecule has 12 heteroatoms. The van der Waals surface area contributed by atoms with Gasteiger partial charge in [0.15, 0.2) is 17.0 Å². The Kier molecular flexibility index (Phi) is 5.24. The lowest BCUT2D eigenvalue weighted by Gasteiger charge is -2.10. The van der Waals surface area contributed by atoms with Crippen molar-refractivity contribution in [3.8, 4) is 10.6 Å². The minimum absolute atomic E-state index is 0.0895. The van der Waals surface area contributed by atoms with E-state index in [0.717, 1.165) is 23.0 Å². The molecule has 4 heterocycles. The number of carbonyl (C=O) groups excluding carboxylic acids is 1. The van der Waals surface area contributed by atoms with Gasteiger partial charge in [0.05, 0.1) is 21.1 Å². The molecule has 1 amide bonds. The SMILES string of the molecule is CCn1cc(CNC(=O)c2cc3nc(-c4ccc(Cl)s4)cc(C(F)(F)F)n3n2)cn1. The summed E-state index contributed by atoms with van der Waals surface area (Å²) in [7, 11) is 0. The molecule has 0 aromatic carbocycles. The standard InChI is InChI=1S/C18H14ClF3N6OS/c1-2-27-9-10(8-24-27)7-23-17(29)12-6-16-25-11(13-3-4-15(19)30-13)5-14(18(20,21)22)28(16)26-12/h3-6,8-9H,2,7H2,1H3,(H,23,29). The maximum absolute atomic E-state index is 13.6. The first kappa shape index (κ1) is 20.4. The van der Waals surface area contributed by atoms with Gasteiger partial charge in [-0.3, -0.25) is 9.48 Å². The van der Waals surface area contributed by atoms with Crippen LogP contribution in [-0.2, 0) is 19.3 Å². The number of halogens is 4. The molecule has 30 heavy (non-hydrogen) atoms. The molecule has 1 N–H and O–H groups in total. The number of aromatic nitrogens is 5. The normalized spacial score (nSPS) is 11.9. The van der Waals surface area contributed by atoms with E-state index in [4.69, 9.17) is 11.6 Å². The fourth-order valence-corrected chi connectivity index (χ4v) is 3.81. The number of hydrogen-bond donors (Lipinski definition) is 1. The Labute approximate surface area is 177 Å². The zero-order valence-corrected chi connectivity index (χ0v) is 17.0. The summed E-state index contributed by atoms with van der Waals surface area (Å²) in [6, 6.07) is 5.28. The maximum Gasteiger partial charge on any atom is 0.433 e. The van der Waals surface area contributed by atoms with Crippen molar-refractivity contribution in [3.05, 3.63) is 57.9 Å². The number of nitrogens with one attached hydrogen (secondary N) is 1. The van der Waals surface area contributed by atoms with E-state index in [0.29, 0.717) is 20.3 Å². The smallest absolute Gasteiger partial charge is 0.346 e. The fraction of sp³-hybridized carbons (Fsp3) is 0.222. The Balaban J connectivity index is 1.67. The molecular formula is C18H14ClF3N6OS. The molecule has 0 saturated heterocycles. The first-order valence-electron chi connectivity index (χ1n) is 8.78. The first-order chi connectivity index (χ1) is 14.2. The summed E-state index contributed by atoms with van der Waals surface area (Å²) in [5.41, 5.74) is -0.425. The van der Waals surface area contributed by atoms with Crippen LogP contribution in [0.3, 0.4) is 0 Å². The number of nitrogens with zero attached hydrogens (tertiary/aromatic N) is 5. The second-order valence-electron chi connectivity index (χ2n) is 6.31. The van der Waals surface area contributed by atoms with Crippen molar-refractivity contribution in [1.82, 2.24) is 29.7 Å². The number of amides is 1. The van der Waals surface area contributed by atoms with Crippen molar-refractivity contribution in [3.63, 3.8) is 0 Å². The highest BCUT2D eigenvalue weighted by molar-refractivity contribution is 7.19. The van der Waals surface area contributed by atoms with Gasteiger partial charge in [-0.1, -0.05) is 11.6 Å². The van der Waals surface area contributed by atoms with Gasteiger partial charge in [-0.25, -0.2) is 9.50 Å². The number of rotatable bonds is 5. The predicted octanol–water partition coefficient (Wildman–Crippen LogP) is 4.28. The van der Waals surface area contributed by atoms with Gasteiger partial charge in [0.25, 0.3) is 5.91 Å². The van der Waals surface area contributed by atoms with Crippen LogP contribution in [-0.4, -0.2) is 30.3 Å². The average Bonchev–Trinajstić information content (AvgIpc) is 3.43. The van der Waals surface area contributed by atoms with E-state index in [1.54, 1.807) is 29.2 Å². The quantitative estimate of drug-likeness (QED) is 0.488. The van der Waals surface area contributed by atoms with Crippen molar-refractivity contribution in [2.45, 2.75) is 26.2 Å². The number of fused-ring (bicyclic) bond motifs is 1. The third-order valence-electron chi connectivity index (χ3n) is 4.24. The van der Waals surface area contributed by atoms with Crippen LogP contribution >= 0.6 is 22.9 Å². The largest absolute Gasteiger partial charge is 0.433 e. The van der Waals surface area contributed by atoms with Crippen molar-refractivity contribution in [2.75, 3.05) is 0 Å². The highest BCUT2D eigenvalue weighted by Gasteiger charge is 2.35. The van der Waals surface area contributed by atoms with E-state index >= 15 is 0 Å². The second kappa shape index (κ2) is 7.73. The predicted molar refractivity (Wildman–Crippen MR) is 105 cm³/mol. The maximum atomic E-state index is 13.6. The molecule has 0 spiro atoms. The minimum Gasteiger partial charge on any atom is -0.346 e. The van der Waals surface area contributed by atoms with Gasteiger partial charge in [-0.05, 0) is 25.1 Å². The lowest BCUT2D eigenvalue weighted by molar-refractivity contribution is -0.142. The van der Waals surface area contributed by atoms with Crippen LogP contribution in [0.25, 0.3) is 16.2 Å². The van der Waals surface area contributed by atoms with E-state index in [9.17, 15) is 18.0 Å². The molecule has 0 unspecified atom stereocenters. The summed E-state index contributed by atoms with van der Waals surface area (Å²) < 4.78 is 43.6. The lowest BCUT2D eigenvalue weighted by atomic mass is 10.2. The monoisotopic (exact) mass is 454 g/mol.